The van der Waals surface area contributed by atoms with E-state index in [1.54, 1.807) is 42.5 Å². The first-order valence-electron chi connectivity index (χ1n) is 7.33. The molecule has 6 heteroatoms. The maximum absolute atomic E-state index is 12.9. The van der Waals surface area contributed by atoms with Crippen LogP contribution in [0.3, 0.4) is 0 Å². The first-order chi connectivity index (χ1) is 11.5. The number of hydrogen-bond acceptors (Lipinski definition) is 3. The molecule has 1 unspecified atom stereocenters. The Balaban J connectivity index is 1.98. The van der Waals surface area contributed by atoms with Crippen LogP contribution in [0.25, 0.3) is 0 Å². The van der Waals surface area contributed by atoms with Gasteiger partial charge in [0.1, 0.15) is 12.2 Å². The highest BCUT2D eigenvalue weighted by Gasteiger charge is 2.12. The minimum Gasteiger partial charge on any atom is -0.346 e. The Bertz CT molecular complexity index is 764. The molecule has 0 fully saturated rings. The van der Waals surface area contributed by atoms with Crippen LogP contribution in [0, 0.1) is 17.1 Å². The van der Waals surface area contributed by atoms with Crippen molar-refractivity contribution in [1.82, 2.24) is 5.32 Å². The number of hydrogen-bond donors (Lipinski definition) is 2. The summed E-state index contributed by atoms with van der Waals surface area (Å²) in [4.78, 5) is 23.5. The fraction of sp³-hybridized carbons (Fsp3) is 0.167. The smallest absolute Gasteiger partial charge is 0.251 e. The van der Waals surface area contributed by atoms with Crippen LogP contribution >= 0.6 is 0 Å². The molecule has 24 heavy (non-hydrogen) atoms. The van der Waals surface area contributed by atoms with Gasteiger partial charge in [-0.2, -0.15) is 5.26 Å². The molecule has 0 bridgehead atoms. The zero-order valence-corrected chi connectivity index (χ0v) is 13.0. The second-order valence-electron chi connectivity index (χ2n) is 5.21. The topological polar surface area (TPSA) is 82.0 Å². The van der Waals surface area contributed by atoms with Crippen molar-refractivity contribution in [3.8, 4) is 6.07 Å². The summed E-state index contributed by atoms with van der Waals surface area (Å²) in [6.07, 6.45) is -0.225. The van der Waals surface area contributed by atoms with Crippen molar-refractivity contribution in [3.05, 3.63) is 65.5 Å². The fourth-order valence-corrected chi connectivity index (χ4v) is 2.10. The molecule has 0 aliphatic carbocycles. The lowest BCUT2D eigenvalue weighted by Crippen LogP contribution is -2.26. The van der Waals surface area contributed by atoms with Crippen LogP contribution in [0.1, 0.15) is 35.3 Å². The van der Waals surface area contributed by atoms with E-state index in [-0.39, 0.29) is 24.2 Å². The second-order valence-corrected chi connectivity index (χ2v) is 5.21. The quantitative estimate of drug-likeness (QED) is 0.886. The number of anilines is 1. The summed E-state index contributed by atoms with van der Waals surface area (Å²) in [6.45, 7) is 1.81. The van der Waals surface area contributed by atoms with Gasteiger partial charge in [0.05, 0.1) is 12.1 Å². The van der Waals surface area contributed by atoms with Crippen LogP contribution in [-0.4, -0.2) is 11.8 Å². The molecule has 0 radical (unpaired) electrons. The molecule has 0 saturated heterocycles. The number of carbonyl (C=O) groups is 2. The molecule has 1 atom stereocenters. The lowest BCUT2D eigenvalue weighted by Gasteiger charge is -2.14. The van der Waals surface area contributed by atoms with E-state index in [9.17, 15) is 14.0 Å². The number of halogens is 1. The summed E-state index contributed by atoms with van der Waals surface area (Å²) < 4.78 is 12.9. The van der Waals surface area contributed by atoms with Gasteiger partial charge < -0.3 is 10.6 Å². The summed E-state index contributed by atoms with van der Waals surface area (Å²) in [5.41, 5.74) is 1.74. The third-order valence-electron chi connectivity index (χ3n) is 3.39. The van der Waals surface area contributed by atoms with Crippen molar-refractivity contribution in [2.45, 2.75) is 19.4 Å². The zero-order valence-electron chi connectivity index (χ0n) is 13.0. The largest absolute Gasteiger partial charge is 0.346 e. The summed E-state index contributed by atoms with van der Waals surface area (Å²) in [6, 6.07) is 13.8. The van der Waals surface area contributed by atoms with Crippen molar-refractivity contribution >= 4 is 17.5 Å². The van der Waals surface area contributed by atoms with Gasteiger partial charge in [-0.15, -0.1) is 0 Å². The number of carbonyl (C=O) groups excluding carboxylic acids is 2. The Morgan fingerprint density at radius 2 is 1.75 bits per heavy atom. The molecule has 5 nitrogen and oxygen atoms in total. The summed E-state index contributed by atoms with van der Waals surface area (Å²) in [7, 11) is 0. The molecule has 122 valence electrons. The Morgan fingerprint density at radius 1 is 1.12 bits per heavy atom. The SMILES string of the molecule is CC(NC(=O)c1ccc(NC(=O)CC#N)cc1)c1ccc(F)cc1. The van der Waals surface area contributed by atoms with Crippen molar-refractivity contribution in [2.75, 3.05) is 5.32 Å². The van der Waals surface area contributed by atoms with Crippen molar-refractivity contribution in [2.24, 2.45) is 0 Å². The number of nitriles is 1. The van der Waals surface area contributed by atoms with Crippen molar-refractivity contribution in [1.29, 1.82) is 5.26 Å². The average Bonchev–Trinajstić information content (AvgIpc) is 2.56. The minimum absolute atomic E-state index is 0.225. The molecular weight excluding hydrogens is 309 g/mol. The molecule has 2 aromatic carbocycles. The fourth-order valence-electron chi connectivity index (χ4n) is 2.10. The van der Waals surface area contributed by atoms with Gasteiger partial charge in [-0.05, 0) is 48.9 Å². The van der Waals surface area contributed by atoms with Gasteiger partial charge in [0.25, 0.3) is 5.91 Å². The van der Waals surface area contributed by atoms with Crippen LogP contribution in [0.4, 0.5) is 10.1 Å². The third kappa shape index (κ3) is 4.65. The second kappa shape index (κ2) is 7.88. The van der Waals surface area contributed by atoms with Crippen LogP contribution in [0.5, 0.6) is 0 Å². The molecule has 2 amide bonds. The Labute approximate surface area is 139 Å². The predicted octanol–water partition coefficient (Wildman–Crippen LogP) is 3.17. The molecule has 0 aromatic heterocycles. The molecule has 0 saturated carbocycles. The highest BCUT2D eigenvalue weighted by Crippen LogP contribution is 2.15. The highest BCUT2D eigenvalue weighted by atomic mass is 19.1. The van der Waals surface area contributed by atoms with Gasteiger partial charge in [-0.1, -0.05) is 12.1 Å². The predicted molar refractivity (Wildman–Crippen MR) is 87.6 cm³/mol. The molecule has 0 aliphatic rings. The lowest BCUT2D eigenvalue weighted by molar-refractivity contribution is -0.115. The minimum atomic E-state index is -0.403. The van der Waals surface area contributed by atoms with E-state index in [1.165, 1.54) is 12.1 Å². The third-order valence-corrected chi connectivity index (χ3v) is 3.39. The van der Waals surface area contributed by atoms with E-state index in [1.807, 2.05) is 6.92 Å². The number of nitrogens with zero attached hydrogens (tertiary/aromatic N) is 1. The van der Waals surface area contributed by atoms with Gasteiger partial charge >= 0.3 is 0 Å². The monoisotopic (exact) mass is 325 g/mol. The number of rotatable bonds is 5. The van der Waals surface area contributed by atoms with Crippen molar-refractivity contribution < 1.29 is 14.0 Å². The summed E-state index contributed by atoms with van der Waals surface area (Å²) in [5, 5.41) is 13.8. The van der Waals surface area contributed by atoms with E-state index >= 15 is 0 Å². The first kappa shape index (κ1) is 17.2. The summed E-state index contributed by atoms with van der Waals surface area (Å²) in [5.74, 6) is -1.01. The molecule has 0 aliphatic heterocycles. The molecule has 2 aromatic rings. The van der Waals surface area contributed by atoms with Gasteiger partial charge in [-0.25, -0.2) is 4.39 Å². The van der Waals surface area contributed by atoms with Gasteiger partial charge in [0.15, 0.2) is 0 Å². The first-order valence-corrected chi connectivity index (χ1v) is 7.33. The zero-order chi connectivity index (χ0) is 17.5. The summed E-state index contributed by atoms with van der Waals surface area (Å²) >= 11 is 0. The molecule has 2 rings (SSSR count). The van der Waals surface area contributed by atoms with Crippen molar-refractivity contribution in [3.63, 3.8) is 0 Å². The molecule has 0 spiro atoms. The normalized spacial score (nSPS) is 11.2. The standard InChI is InChI=1S/C18H16FN3O2/c1-12(13-2-6-15(19)7-3-13)21-18(24)14-4-8-16(9-5-14)22-17(23)10-11-20/h2-9,12H,10H2,1H3,(H,21,24)(H,22,23). The van der Waals surface area contributed by atoms with E-state index < -0.39 is 5.91 Å². The van der Waals surface area contributed by atoms with E-state index in [4.69, 9.17) is 5.26 Å². The molecular formula is C18H16FN3O2. The maximum atomic E-state index is 12.9. The molecule has 0 heterocycles. The highest BCUT2D eigenvalue weighted by molar-refractivity contribution is 5.96. The Morgan fingerprint density at radius 3 is 2.33 bits per heavy atom. The lowest BCUT2D eigenvalue weighted by atomic mass is 10.1. The van der Waals surface area contributed by atoms with Crippen LogP contribution in [-0.2, 0) is 4.79 Å². The molecule has 2 N–H and O–H groups in total. The van der Waals surface area contributed by atoms with E-state index in [2.05, 4.69) is 10.6 Å². The Hall–Kier alpha value is -3.20. The van der Waals surface area contributed by atoms with Crippen LogP contribution < -0.4 is 10.6 Å². The number of nitrogens with one attached hydrogen (secondary N) is 2. The van der Waals surface area contributed by atoms with Gasteiger partial charge in [0, 0.05) is 11.3 Å². The van der Waals surface area contributed by atoms with E-state index in [0.717, 1.165) is 5.56 Å². The van der Waals surface area contributed by atoms with E-state index in [0.29, 0.717) is 11.3 Å². The average molecular weight is 325 g/mol. The van der Waals surface area contributed by atoms with Gasteiger partial charge in [-0.3, -0.25) is 9.59 Å². The van der Waals surface area contributed by atoms with Crippen LogP contribution in [0.2, 0.25) is 0 Å². The number of benzene rings is 2. The van der Waals surface area contributed by atoms with Crippen LogP contribution in [0.15, 0.2) is 48.5 Å². The number of amides is 2. The Kier molecular flexibility index (Phi) is 5.63. The van der Waals surface area contributed by atoms with Gasteiger partial charge in [0.2, 0.25) is 5.91 Å². The maximum Gasteiger partial charge on any atom is 0.251 e.